The Labute approximate surface area is 139 Å². The number of hydrogen-bond donors (Lipinski definition) is 0. The highest BCUT2D eigenvalue weighted by Gasteiger charge is 2.34. The van der Waals surface area contributed by atoms with Gasteiger partial charge in [0.05, 0.1) is 24.3 Å². The smallest absolute Gasteiger partial charge is 0.274 e. The van der Waals surface area contributed by atoms with E-state index >= 15 is 0 Å². The number of hydrogen-bond acceptors (Lipinski definition) is 4. The van der Waals surface area contributed by atoms with E-state index in [4.69, 9.17) is 4.42 Å². The second-order valence-corrected chi connectivity index (χ2v) is 5.58. The topological polar surface area (TPSA) is 58.7 Å². The van der Waals surface area contributed by atoms with E-state index in [0.29, 0.717) is 12.0 Å². The molecule has 0 saturated carbocycles. The summed E-state index contributed by atoms with van der Waals surface area (Å²) in [5, 5.41) is 6.13. The molecule has 1 aromatic carbocycles. The van der Waals surface area contributed by atoms with Gasteiger partial charge in [0, 0.05) is 35.5 Å². The molecule has 5 heteroatoms. The summed E-state index contributed by atoms with van der Waals surface area (Å²) >= 11 is 0. The molecule has 1 atom stereocenters. The van der Waals surface area contributed by atoms with Crippen LogP contribution in [0.2, 0.25) is 0 Å². The number of pyridine rings is 1. The second kappa shape index (κ2) is 6.12. The third-order valence-electron chi connectivity index (χ3n) is 4.06. The number of furan rings is 1. The number of carbonyl (C=O) groups is 1. The van der Waals surface area contributed by atoms with E-state index < -0.39 is 0 Å². The van der Waals surface area contributed by atoms with E-state index in [1.165, 1.54) is 0 Å². The van der Waals surface area contributed by atoms with Crippen LogP contribution in [0.15, 0.2) is 83.0 Å². The standard InChI is InChI=1S/C19H15N3O2/c23-19(14-5-2-1-3-6-14)22-18(16-8-10-24-13-16)11-17(21-22)15-7-4-9-20-12-15/h1-10,12-13,18H,11H2. The third kappa shape index (κ3) is 2.60. The Kier molecular flexibility index (Phi) is 3.67. The lowest BCUT2D eigenvalue weighted by atomic mass is 10.0. The summed E-state index contributed by atoms with van der Waals surface area (Å²) in [4.78, 5) is 17.0. The van der Waals surface area contributed by atoms with Crippen LogP contribution in [-0.2, 0) is 0 Å². The maximum Gasteiger partial charge on any atom is 0.274 e. The molecule has 4 rings (SSSR count). The van der Waals surface area contributed by atoms with E-state index in [-0.39, 0.29) is 11.9 Å². The molecule has 118 valence electrons. The van der Waals surface area contributed by atoms with E-state index in [1.807, 2.05) is 36.4 Å². The maximum atomic E-state index is 12.9. The molecule has 0 saturated heterocycles. The minimum Gasteiger partial charge on any atom is -0.472 e. The van der Waals surface area contributed by atoms with Gasteiger partial charge in [0.25, 0.3) is 5.91 Å². The highest BCUT2D eigenvalue weighted by atomic mass is 16.3. The first-order valence-corrected chi connectivity index (χ1v) is 7.71. The van der Waals surface area contributed by atoms with E-state index in [2.05, 4.69) is 10.1 Å². The number of amides is 1. The predicted octanol–water partition coefficient (Wildman–Crippen LogP) is 3.67. The fraction of sp³-hybridized carbons (Fsp3) is 0.105. The minimum atomic E-state index is -0.174. The van der Waals surface area contributed by atoms with Gasteiger partial charge in [-0.15, -0.1) is 0 Å². The summed E-state index contributed by atoms with van der Waals surface area (Å²) < 4.78 is 5.20. The first-order chi connectivity index (χ1) is 11.8. The Bertz CT molecular complexity index is 858. The Hall–Kier alpha value is -3.21. The minimum absolute atomic E-state index is 0.124. The Balaban J connectivity index is 1.72. The van der Waals surface area contributed by atoms with Crippen molar-refractivity contribution in [3.8, 4) is 0 Å². The Morgan fingerprint density at radius 1 is 1.12 bits per heavy atom. The van der Waals surface area contributed by atoms with Gasteiger partial charge in [-0.25, -0.2) is 5.01 Å². The molecular formula is C19H15N3O2. The summed E-state index contributed by atoms with van der Waals surface area (Å²) in [6.07, 6.45) is 7.39. The molecule has 1 unspecified atom stereocenters. The number of carbonyl (C=O) groups excluding carboxylic acids is 1. The van der Waals surface area contributed by atoms with Crippen molar-refractivity contribution in [2.24, 2.45) is 5.10 Å². The van der Waals surface area contributed by atoms with Crippen LogP contribution in [0.5, 0.6) is 0 Å². The van der Waals surface area contributed by atoms with Crippen molar-refractivity contribution in [1.29, 1.82) is 0 Å². The first-order valence-electron chi connectivity index (χ1n) is 7.71. The fourth-order valence-electron chi connectivity index (χ4n) is 2.84. The zero-order valence-corrected chi connectivity index (χ0v) is 12.9. The summed E-state index contributed by atoms with van der Waals surface area (Å²) in [5.41, 5.74) is 3.32. The highest BCUT2D eigenvalue weighted by molar-refractivity contribution is 6.04. The van der Waals surface area contributed by atoms with Crippen molar-refractivity contribution in [2.45, 2.75) is 12.5 Å². The number of aromatic nitrogens is 1. The molecule has 24 heavy (non-hydrogen) atoms. The van der Waals surface area contributed by atoms with Crippen molar-refractivity contribution < 1.29 is 9.21 Å². The molecule has 0 spiro atoms. The Morgan fingerprint density at radius 3 is 2.71 bits per heavy atom. The van der Waals surface area contributed by atoms with Gasteiger partial charge < -0.3 is 4.42 Å². The molecule has 1 aliphatic rings. The lowest BCUT2D eigenvalue weighted by Crippen LogP contribution is -2.26. The van der Waals surface area contributed by atoms with Crippen LogP contribution in [0.25, 0.3) is 0 Å². The molecule has 0 N–H and O–H groups in total. The van der Waals surface area contributed by atoms with Crippen LogP contribution in [0.1, 0.15) is 33.9 Å². The molecule has 0 aliphatic carbocycles. The van der Waals surface area contributed by atoms with Gasteiger partial charge in [0.15, 0.2) is 0 Å². The summed E-state index contributed by atoms with van der Waals surface area (Å²) in [6.45, 7) is 0. The molecule has 2 aromatic heterocycles. The van der Waals surface area contributed by atoms with Gasteiger partial charge in [-0.2, -0.15) is 5.10 Å². The number of benzene rings is 1. The van der Waals surface area contributed by atoms with Crippen LogP contribution >= 0.6 is 0 Å². The maximum absolute atomic E-state index is 12.9. The van der Waals surface area contributed by atoms with Crippen molar-refractivity contribution >= 4 is 11.6 Å². The number of nitrogens with zero attached hydrogens (tertiary/aromatic N) is 3. The summed E-state index contributed by atoms with van der Waals surface area (Å²) in [5.74, 6) is -0.124. The van der Waals surface area contributed by atoms with E-state index in [1.54, 1.807) is 42.1 Å². The third-order valence-corrected chi connectivity index (χ3v) is 4.06. The molecule has 5 nitrogen and oxygen atoms in total. The monoisotopic (exact) mass is 317 g/mol. The molecule has 3 aromatic rings. The van der Waals surface area contributed by atoms with Gasteiger partial charge in [0.2, 0.25) is 0 Å². The first kappa shape index (κ1) is 14.4. The van der Waals surface area contributed by atoms with Crippen LogP contribution in [0, 0.1) is 0 Å². The number of rotatable bonds is 3. The van der Waals surface area contributed by atoms with Crippen molar-refractivity contribution in [1.82, 2.24) is 9.99 Å². The summed E-state index contributed by atoms with van der Waals surface area (Å²) in [6, 6.07) is 14.7. The lowest BCUT2D eigenvalue weighted by Gasteiger charge is -2.20. The van der Waals surface area contributed by atoms with E-state index in [9.17, 15) is 4.79 Å². The van der Waals surface area contributed by atoms with Crippen LogP contribution in [0.4, 0.5) is 0 Å². The van der Waals surface area contributed by atoms with Crippen LogP contribution < -0.4 is 0 Å². The van der Waals surface area contributed by atoms with Gasteiger partial charge in [0.1, 0.15) is 0 Å². The average Bonchev–Trinajstić information content (AvgIpc) is 3.32. The molecule has 0 bridgehead atoms. The molecule has 0 fully saturated rings. The quantitative estimate of drug-likeness (QED) is 0.740. The molecular weight excluding hydrogens is 302 g/mol. The zero-order valence-electron chi connectivity index (χ0n) is 12.9. The van der Waals surface area contributed by atoms with Crippen molar-refractivity contribution in [2.75, 3.05) is 0 Å². The number of hydrazone groups is 1. The predicted molar refractivity (Wildman–Crippen MR) is 89.5 cm³/mol. The van der Waals surface area contributed by atoms with Crippen molar-refractivity contribution in [3.05, 3.63) is 90.1 Å². The van der Waals surface area contributed by atoms with E-state index in [0.717, 1.165) is 16.8 Å². The fourth-order valence-corrected chi connectivity index (χ4v) is 2.84. The van der Waals surface area contributed by atoms with Gasteiger partial charge in [-0.3, -0.25) is 9.78 Å². The van der Waals surface area contributed by atoms with Gasteiger partial charge >= 0.3 is 0 Å². The molecule has 1 amide bonds. The lowest BCUT2D eigenvalue weighted by molar-refractivity contribution is 0.0711. The zero-order chi connectivity index (χ0) is 16.4. The second-order valence-electron chi connectivity index (χ2n) is 5.58. The average molecular weight is 317 g/mol. The van der Waals surface area contributed by atoms with Gasteiger partial charge in [-0.05, 0) is 24.3 Å². The normalized spacial score (nSPS) is 16.9. The van der Waals surface area contributed by atoms with Crippen LogP contribution in [0.3, 0.4) is 0 Å². The van der Waals surface area contributed by atoms with Crippen LogP contribution in [-0.4, -0.2) is 21.6 Å². The highest BCUT2D eigenvalue weighted by Crippen LogP contribution is 2.33. The molecule has 3 heterocycles. The largest absolute Gasteiger partial charge is 0.472 e. The molecule has 1 aliphatic heterocycles. The Morgan fingerprint density at radius 2 is 2.00 bits per heavy atom. The molecule has 0 radical (unpaired) electrons. The summed E-state index contributed by atoms with van der Waals surface area (Å²) in [7, 11) is 0. The van der Waals surface area contributed by atoms with Crippen molar-refractivity contribution in [3.63, 3.8) is 0 Å². The SMILES string of the molecule is O=C(c1ccccc1)N1N=C(c2cccnc2)CC1c1ccoc1. The van der Waals surface area contributed by atoms with Gasteiger partial charge in [-0.1, -0.05) is 24.3 Å².